The molecule has 0 aliphatic rings. The van der Waals surface area contributed by atoms with Crippen LogP contribution >= 0.6 is 11.6 Å². The summed E-state index contributed by atoms with van der Waals surface area (Å²) >= 11 is 6.26. The summed E-state index contributed by atoms with van der Waals surface area (Å²) in [6.45, 7) is 1.02. The molecule has 4 aromatic rings. The van der Waals surface area contributed by atoms with E-state index in [-0.39, 0.29) is 17.3 Å². The molecular formula is C26H24ClFN2O4. The zero-order valence-corrected chi connectivity index (χ0v) is 19.5. The molecule has 0 amide bonds. The van der Waals surface area contributed by atoms with Crippen LogP contribution < -0.4 is 14.8 Å². The van der Waals surface area contributed by atoms with Crippen molar-refractivity contribution in [2.75, 3.05) is 14.2 Å². The van der Waals surface area contributed by atoms with E-state index in [1.165, 1.54) is 12.1 Å². The Labute approximate surface area is 201 Å². The van der Waals surface area contributed by atoms with E-state index in [0.717, 1.165) is 16.7 Å². The highest BCUT2D eigenvalue weighted by Gasteiger charge is 2.23. The quantitative estimate of drug-likeness (QED) is 0.330. The zero-order chi connectivity index (χ0) is 24.2. The fraction of sp³-hybridized carbons (Fsp3) is 0.192. The van der Waals surface area contributed by atoms with Gasteiger partial charge in [-0.15, -0.1) is 0 Å². The minimum absolute atomic E-state index is 0.141. The van der Waals surface area contributed by atoms with Gasteiger partial charge in [-0.2, -0.15) is 0 Å². The molecule has 0 saturated heterocycles. The highest BCUT2D eigenvalue weighted by atomic mass is 35.5. The van der Waals surface area contributed by atoms with Crippen molar-refractivity contribution in [3.05, 3.63) is 93.9 Å². The molecule has 0 bridgehead atoms. The van der Waals surface area contributed by atoms with Crippen LogP contribution in [0.5, 0.6) is 11.5 Å². The maximum absolute atomic E-state index is 13.6. The third-order valence-corrected chi connectivity index (χ3v) is 6.04. The van der Waals surface area contributed by atoms with Crippen LogP contribution in [-0.2, 0) is 19.6 Å². The van der Waals surface area contributed by atoms with Crippen LogP contribution in [-0.4, -0.2) is 29.9 Å². The highest BCUT2D eigenvalue weighted by molar-refractivity contribution is 6.31. The molecule has 0 atom stereocenters. The Morgan fingerprint density at radius 1 is 1.03 bits per heavy atom. The minimum atomic E-state index is -1.06. The molecule has 1 aromatic heterocycles. The van der Waals surface area contributed by atoms with Crippen molar-refractivity contribution < 1.29 is 23.8 Å². The molecule has 1 heterocycles. The van der Waals surface area contributed by atoms with Gasteiger partial charge in [-0.3, -0.25) is 0 Å². The van der Waals surface area contributed by atoms with Gasteiger partial charge in [0.15, 0.2) is 0 Å². The number of benzene rings is 3. The third-order valence-electron chi connectivity index (χ3n) is 5.69. The number of carboxylic acids is 1. The molecule has 0 aliphatic heterocycles. The molecule has 8 heteroatoms. The summed E-state index contributed by atoms with van der Waals surface area (Å²) in [6, 6.07) is 17.2. The Balaban J connectivity index is 1.74. The van der Waals surface area contributed by atoms with Crippen LogP contribution in [0.2, 0.25) is 5.02 Å². The smallest absolute Gasteiger partial charge is 0.352 e. The lowest BCUT2D eigenvalue weighted by Gasteiger charge is -2.12. The second kappa shape index (κ2) is 10.2. The molecule has 3 aromatic carbocycles. The summed E-state index contributed by atoms with van der Waals surface area (Å²) in [6.07, 6.45) is 0. The number of aromatic carboxylic acids is 1. The van der Waals surface area contributed by atoms with Crippen molar-refractivity contribution in [3.8, 4) is 11.5 Å². The van der Waals surface area contributed by atoms with E-state index >= 15 is 0 Å². The molecule has 0 saturated carbocycles. The van der Waals surface area contributed by atoms with Crippen LogP contribution in [0.3, 0.4) is 0 Å². The Kier molecular flexibility index (Phi) is 7.05. The third kappa shape index (κ3) is 4.85. The van der Waals surface area contributed by atoms with E-state index in [0.29, 0.717) is 35.5 Å². The first-order valence-corrected chi connectivity index (χ1v) is 11.0. The van der Waals surface area contributed by atoms with Gasteiger partial charge in [-0.05, 0) is 47.5 Å². The number of nitrogens with one attached hydrogen (secondary N) is 1. The van der Waals surface area contributed by atoms with Crippen molar-refractivity contribution in [2.45, 2.75) is 19.6 Å². The summed E-state index contributed by atoms with van der Waals surface area (Å²) in [5.74, 6) is -0.157. The van der Waals surface area contributed by atoms with Crippen molar-refractivity contribution in [1.29, 1.82) is 0 Å². The standard InChI is InChI=1S/C26H24ClFN2O4/c1-33-19-5-3-4-16(10-19)13-29-14-22-21-9-8-20(34-2)12-24(21)30(25(22)26(31)32)15-17-6-7-18(28)11-23(17)27/h3-12,29H,13-15H2,1-2H3,(H,31,32). The molecule has 2 N–H and O–H groups in total. The van der Waals surface area contributed by atoms with Gasteiger partial charge in [0.2, 0.25) is 0 Å². The fourth-order valence-corrected chi connectivity index (χ4v) is 4.28. The molecule has 4 rings (SSSR count). The lowest BCUT2D eigenvalue weighted by Crippen LogP contribution is -2.17. The van der Waals surface area contributed by atoms with Gasteiger partial charge in [0, 0.05) is 41.7 Å². The maximum Gasteiger partial charge on any atom is 0.352 e. The topological polar surface area (TPSA) is 72.7 Å². The van der Waals surface area contributed by atoms with Gasteiger partial charge in [0.05, 0.1) is 19.7 Å². The van der Waals surface area contributed by atoms with Crippen LogP contribution in [0, 0.1) is 5.82 Å². The van der Waals surface area contributed by atoms with Crippen molar-refractivity contribution in [3.63, 3.8) is 0 Å². The number of nitrogens with zero attached hydrogens (tertiary/aromatic N) is 1. The Morgan fingerprint density at radius 3 is 2.50 bits per heavy atom. The van der Waals surface area contributed by atoms with E-state index in [2.05, 4.69) is 5.32 Å². The molecule has 0 aliphatic carbocycles. The van der Waals surface area contributed by atoms with Gasteiger partial charge in [-0.25, -0.2) is 9.18 Å². The molecule has 0 spiro atoms. The first kappa shape index (κ1) is 23.6. The van der Waals surface area contributed by atoms with E-state index < -0.39 is 11.8 Å². The second-order valence-electron chi connectivity index (χ2n) is 7.79. The first-order valence-electron chi connectivity index (χ1n) is 10.6. The summed E-state index contributed by atoms with van der Waals surface area (Å²) in [5.41, 5.74) is 3.10. The van der Waals surface area contributed by atoms with Gasteiger partial charge in [-0.1, -0.05) is 29.8 Å². The van der Waals surface area contributed by atoms with Crippen LogP contribution in [0.4, 0.5) is 4.39 Å². The number of hydrogen-bond acceptors (Lipinski definition) is 4. The Morgan fingerprint density at radius 2 is 1.79 bits per heavy atom. The number of carbonyl (C=O) groups is 1. The average Bonchev–Trinajstić information content (AvgIpc) is 3.13. The molecule has 0 unspecified atom stereocenters. The molecule has 0 radical (unpaired) electrons. The Bertz CT molecular complexity index is 1350. The van der Waals surface area contributed by atoms with E-state index in [1.54, 1.807) is 37.0 Å². The van der Waals surface area contributed by atoms with Crippen LogP contribution in [0.25, 0.3) is 10.9 Å². The number of rotatable bonds is 9. The predicted molar refractivity (Wildman–Crippen MR) is 129 cm³/mol. The normalized spacial score (nSPS) is 11.1. The predicted octanol–water partition coefficient (Wildman–Crippen LogP) is 5.49. The molecule has 176 valence electrons. The van der Waals surface area contributed by atoms with Crippen LogP contribution in [0.1, 0.15) is 27.2 Å². The van der Waals surface area contributed by atoms with E-state index in [9.17, 15) is 14.3 Å². The van der Waals surface area contributed by atoms with Gasteiger partial charge >= 0.3 is 5.97 Å². The lowest BCUT2D eigenvalue weighted by atomic mass is 10.1. The second-order valence-corrected chi connectivity index (χ2v) is 8.20. The zero-order valence-electron chi connectivity index (χ0n) is 18.8. The molecule has 6 nitrogen and oxygen atoms in total. The molecule has 0 fully saturated rings. The maximum atomic E-state index is 13.6. The van der Waals surface area contributed by atoms with E-state index in [1.807, 2.05) is 30.3 Å². The number of halogens is 2. The number of aromatic nitrogens is 1. The fourth-order valence-electron chi connectivity index (χ4n) is 4.05. The first-order chi connectivity index (χ1) is 16.4. The van der Waals surface area contributed by atoms with Gasteiger partial charge < -0.3 is 24.5 Å². The summed E-state index contributed by atoms with van der Waals surface area (Å²) in [7, 11) is 3.17. The summed E-state index contributed by atoms with van der Waals surface area (Å²) in [5, 5.41) is 14.5. The van der Waals surface area contributed by atoms with Crippen molar-refractivity contribution in [2.24, 2.45) is 0 Å². The van der Waals surface area contributed by atoms with Gasteiger partial charge in [0.25, 0.3) is 0 Å². The number of hydrogen-bond donors (Lipinski definition) is 2. The Hall–Kier alpha value is -3.55. The average molecular weight is 483 g/mol. The SMILES string of the molecule is COc1cccc(CNCc2c(C(=O)O)n(Cc3ccc(F)cc3Cl)c3cc(OC)ccc23)c1. The number of methoxy groups -OCH3 is 2. The van der Waals surface area contributed by atoms with Crippen molar-refractivity contribution >= 4 is 28.5 Å². The number of carboxylic acid groups (broad SMARTS) is 1. The highest BCUT2D eigenvalue weighted by Crippen LogP contribution is 2.32. The van der Waals surface area contributed by atoms with E-state index in [4.69, 9.17) is 21.1 Å². The summed E-state index contributed by atoms with van der Waals surface area (Å²) in [4.78, 5) is 12.4. The summed E-state index contributed by atoms with van der Waals surface area (Å²) < 4.78 is 25.9. The number of ether oxygens (including phenoxy) is 2. The molecular weight excluding hydrogens is 459 g/mol. The number of fused-ring (bicyclic) bond motifs is 1. The largest absolute Gasteiger partial charge is 0.497 e. The van der Waals surface area contributed by atoms with Gasteiger partial charge in [0.1, 0.15) is 23.0 Å². The van der Waals surface area contributed by atoms with Crippen LogP contribution in [0.15, 0.2) is 60.7 Å². The molecule has 34 heavy (non-hydrogen) atoms. The van der Waals surface area contributed by atoms with Crippen molar-refractivity contribution in [1.82, 2.24) is 9.88 Å². The monoisotopic (exact) mass is 482 g/mol. The lowest BCUT2D eigenvalue weighted by molar-refractivity contribution is 0.0684. The minimum Gasteiger partial charge on any atom is -0.497 e.